The summed E-state index contributed by atoms with van der Waals surface area (Å²) in [7, 11) is 0. The molecule has 36 heavy (non-hydrogen) atoms. The van der Waals surface area contributed by atoms with E-state index in [1.165, 1.54) is 24.9 Å². The number of ether oxygens (including phenoxy) is 3. The van der Waals surface area contributed by atoms with E-state index in [2.05, 4.69) is 16.9 Å². The van der Waals surface area contributed by atoms with Gasteiger partial charge >= 0.3 is 5.97 Å². The van der Waals surface area contributed by atoms with Crippen LogP contribution in [-0.4, -0.2) is 35.4 Å². The maximum Gasteiger partial charge on any atom is 0.304 e. The number of rotatable bonds is 10. The van der Waals surface area contributed by atoms with Crippen molar-refractivity contribution in [3.05, 3.63) is 66.2 Å². The van der Waals surface area contributed by atoms with Gasteiger partial charge in [0.25, 0.3) is 0 Å². The molecule has 0 N–H and O–H groups in total. The van der Waals surface area contributed by atoms with E-state index in [1.54, 1.807) is 25.1 Å². The summed E-state index contributed by atoms with van der Waals surface area (Å²) in [5, 5.41) is 0.571. The first-order valence-corrected chi connectivity index (χ1v) is 11.9. The summed E-state index contributed by atoms with van der Waals surface area (Å²) in [5.41, 5.74) is 3.33. The van der Waals surface area contributed by atoms with Crippen molar-refractivity contribution in [3.8, 4) is 28.3 Å². The van der Waals surface area contributed by atoms with E-state index in [-0.39, 0.29) is 12.5 Å². The Kier molecular flexibility index (Phi) is 7.95. The molecule has 2 atom stereocenters. The van der Waals surface area contributed by atoms with Crippen LogP contribution < -0.4 is 4.74 Å². The van der Waals surface area contributed by atoms with Crippen LogP contribution >= 0.6 is 0 Å². The predicted molar refractivity (Wildman–Crippen MR) is 134 cm³/mol. The van der Waals surface area contributed by atoms with Crippen LogP contribution in [-0.2, 0) is 20.7 Å². The number of esters is 1. The lowest BCUT2D eigenvalue weighted by Crippen LogP contribution is -2.22. The minimum atomic E-state index is -0.648. The molecule has 1 unspecified atom stereocenters. The second-order valence-electron chi connectivity index (χ2n) is 8.62. The topological polar surface area (TPSA) is 83.7 Å². The van der Waals surface area contributed by atoms with Crippen molar-refractivity contribution >= 4 is 17.1 Å². The Morgan fingerprint density at radius 3 is 2.50 bits per heavy atom. The zero-order chi connectivity index (χ0) is 25.7. The molecular formula is C28H29FN2O5. The number of halogens is 1. The Labute approximate surface area is 209 Å². The molecule has 0 bridgehead atoms. The number of fused-ring (bicyclic) bond motifs is 1. The van der Waals surface area contributed by atoms with E-state index in [9.17, 15) is 9.18 Å². The van der Waals surface area contributed by atoms with Crippen molar-refractivity contribution in [1.82, 2.24) is 9.97 Å². The second kappa shape index (κ2) is 11.3. The average molecular weight is 493 g/mol. The molecule has 2 aromatic carbocycles. The van der Waals surface area contributed by atoms with E-state index < -0.39 is 18.1 Å². The standard InChI is InChI=1S/C28H29FN2O5/c1-5-20-10-12-21(13-11-20)24-25-27(34-15-17(2)14-33-19(4)35-18(3)32)30-16-31-28(25)36-26(24)22-8-6-7-9-23(22)29/h6-13,16-17,19H,5,14-15H2,1-4H3/t17-,19?/m0/s1. The summed E-state index contributed by atoms with van der Waals surface area (Å²) in [6.45, 7) is 7.64. The monoisotopic (exact) mass is 492 g/mol. The lowest BCUT2D eigenvalue weighted by Gasteiger charge is -2.17. The fraction of sp³-hybridized carbons (Fsp3) is 0.321. The molecule has 2 heterocycles. The van der Waals surface area contributed by atoms with Gasteiger partial charge in [-0.05, 0) is 36.6 Å². The summed E-state index contributed by atoms with van der Waals surface area (Å²) >= 11 is 0. The van der Waals surface area contributed by atoms with Crippen LogP contribution in [0, 0.1) is 11.7 Å². The van der Waals surface area contributed by atoms with Gasteiger partial charge in [0.1, 0.15) is 23.3 Å². The van der Waals surface area contributed by atoms with Crippen molar-refractivity contribution in [2.75, 3.05) is 13.2 Å². The van der Waals surface area contributed by atoms with E-state index >= 15 is 0 Å². The van der Waals surface area contributed by atoms with Crippen LogP contribution in [0.25, 0.3) is 33.6 Å². The number of aryl methyl sites for hydroxylation is 1. The van der Waals surface area contributed by atoms with Crippen molar-refractivity contribution < 1.29 is 27.8 Å². The highest BCUT2D eigenvalue weighted by Crippen LogP contribution is 2.44. The Balaban J connectivity index is 1.69. The van der Waals surface area contributed by atoms with Gasteiger partial charge in [-0.1, -0.05) is 50.2 Å². The van der Waals surface area contributed by atoms with Gasteiger partial charge in [0.15, 0.2) is 6.29 Å². The van der Waals surface area contributed by atoms with Crippen molar-refractivity contribution in [2.45, 2.75) is 40.4 Å². The number of carbonyl (C=O) groups excluding carboxylic acids is 1. The van der Waals surface area contributed by atoms with Gasteiger partial charge in [-0.2, -0.15) is 0 Å². The van der Waals surface area contributed by atoms with Gasteiger partial charge < -0.3 is 18.6 Å². The van der Waals surface area contributed by atoms with Crippen LogP contribution in [0.2, 0.25) is 0 Å². The molecule has 0 aliphatic heterocycles. The quantitative estimate of drug-likeness (QED) is 0.193. The summed E-state index contributed by atoms with van der Waals surface area (Å²) < 4.78 is 37.6. The number of hydrogen-bond acceptors (Lipinski definition) is 7. The molecule has 0 aliphatic carbocycles. The highest BCUT2D eigenvalue weighted by atomic mass is 19.1. The molecule has 0 fully saturated rings. The zero-order valence-corrected chi connectivity index (χ0v) is 20.8. The minimum Gasteiger partial charge on any atom is -0.477 e. The third kappa shape index (κ3) is 5.71. The lowest BCUT2D eigenvalue weighted by atomic mass is 9.98. The number of hydrogen-bond donors (Lipinski definition) is 0. The molecule has 0 saturated heterocycles. The Bertz CT molecular complexity index is 1340. The third-order valence-corrected chi connectivity index (χ3v) is 5.67. The Hall–Kier alpha value is -3.78. The molecular weight excluding hydrogens is 463 g/mol. The molecule has 2 aromatic heterocycles. The molecule has 188 valence electrons. The van der Waals surface area contributed by atoms with Gasteiger partial charge in [-0.3, -0.25) is 4.79 Å². The fourth-order valence-corrected chi connectivity index (χ4v) is 3.87. The SMILES string of the molecule is CCc1ccc(-c2c(-c3ccccc3F)oc3ncnc(OC[C@@H](C)COC(C)OC(C)=O)c23)cc1. The highest BCUT2D eigenvalue weighted by molar-refractivity contribution is 6.03. The van der Waals surface area contributed by atoms with Crippen LogP contribution in [0.5, 0.6) is 5.88 Å². The van der Waals surface area contributed by atoms with Gasteiger partial charge in [-0.25, -0.2) is 14.4 Å². The smallest absolute Gasteiger partial charge is 0.304 e. The summed E-state index contributed by atoms with van der Waals surface area (Å²) in [6.07, 6.45) is 1.62. The Morgan fingerprint density at radius 2 is 1.81 bits per heavy atom. The van der Waals surface area contributed by atoms with Gasteiger partial charge in [-0.15, -0.1) is 0 Å². The Morgan fingerprint density at radius 1 is 1.06 bits per heavy atom. The number of nitrogens with zero attached hydrogens (tertiary/aromatic N) is 2. The molecule has 0 aliphatic rings. The molecule has 4 rings (SSSR count). The second-order valence-corrected chi connectivity index (χ2v) is 8.62. The summed E-state index contributed by atoms with van der Waals surface area (Å²) in [5.74, 6) is -0.130. The summed E-state index contributed by atoms with van der Waals surface area (Å²) in [6, 6.07) is 14.5. The molecule has 0 amide bonds. The van der Waals surface area contributed by atoms with E-state index in [0.29, 0.717) is 40.5 Å². The van der Waals surface area contributed by atoms with Gasteiger partial charge in [0, 0.05) is 18.4 Å². The number of aromatic nitrogens is 2. The zero-order valence-electron chi connectivity index (χ0n) is 20.8. The maximum atomic E-state index is 14.8. The largest absolute Gasteiger partial charge is 0.477 e. The molecule has 8 heteroatoms. The fourth-order valence-electron chi connectivity index (χ4n) is 3.87. The van der Waals surface area contributed by atoms with Crippen molar-refractivity contribution in [3.63, 3.8) is 0 Å². The number of carbonyl (C=O) groups is 1. The van der Waals surface area contributed by atoms with Crippen LogP contribution in [0.3, 0.4) is 0 Å². The van der Waals surface area contributed by atoms with E-state index in [1.807, 2.05) is 31.2 Å². The predicted octanol–water partition coefficient (Wildman–Crippen LogP) is 6.20. The minimum absolute atomic E-state index is 0.0294. The average Bonchev–Trinajstić information content (AvgIpc) is 3.26. The lowest BCUT2D eigenvalue weighted by molar-refractivity contribution is -0.174. The van der Waals surface area contributed by atoms with Crippen LogP contribution in [0.15, 0.2) is 59.3 Å². The van der Waals surface area contributed by atoms with Crippen LogP contribution in [0.1, 0.15) is 33.3 Å². The number of furan rings is 1. The normalized spacial score (nSPS) is 12.9. The highest BCUT2D eigenvalue weighted by Gasteiger charge is 2.25. The molecule has 7 nitrogen and oxygen atoms in total. The van der Waals surface area contributed by atoms with Gasteiger partial charge in [0.2, 0.25) is 11.6 Å². The summed E-state index contributed by atoms with van der Waals surface area (Å²) in [4.78, 5) is 19.7. The number of benzene rings is 2. The van der Waals surface area contributed by atoms with E-state index in [4.69, 9.17) is 18.6 Å². The third-order valence-electron chi connectivity index (χ3n) is 5.67. The van der Waals surface area contributed by atoms with E-state index in [0.717, 1.165) is 12.0 Å². The molecule has 0 spiro atoms. The van der Waals surface area contributed by atoms with Crippen LogP contribution in [0.4, 0.5) is 4.39 Å². The first-order valence-electron chi connectivity index (χ1n) is 11.9. The molecule has 0 saturated carbocycles. The first kappa shape index (κ1) is 25.3. The first-order chi connectivity index (χ1) is 17.4. The molecule has 4 aromatic rings. The van der Waals surface area contributed by atoms with Crippen molar-refractivity contribution in [2.24, 2.45) is 5.92 Å². The molecule has 0 radical (unpaired) electrons. The van der Waals surface area contributed by atoms with Gasteiger partial charge in [0.05, 0.1) is 18.8 Å². The van der Waals surface area contributed by atoms with Crippen molar-refractivity contribution in [1.29, 1.82) is 0 Å². The maximum absolute atomic E-state index is 14.8.